The smallest absolute Gasteiger partial charge is 0.213 e. The Morgan fingerprint density at radius 2 is 2.24 bits per heavy atom. The lowest BCUT2D eigenvalue weighted by molar-refractivity contribution is 0.266. The Bertz CT molecular complexity index is 338. The number of pyridine rings is 1. The number of nitrogens with zero attached hydrogens (tertiary/aromatic N) is 2. The SMILES string of the molecule is C[C@@H](CCOc1ccc(Cl)cn1)CCN1CC1. The van der Waals surface area contributed by atoms with E-state index in [9.17, 15) is 0 Å². The van der Waals surface area contributed by atoms with E-state index in [0.717, 1.165) is 13.0 Å². The predicted molar refractivity (Wildman–Crippen MR) is 69.6 cm³/mol. The molecule has 1 fully saturated rings. The number of hydrogen-bond acceptors (Lipinski definition) is 3. The summed E-state index contributed by atoms with van der Waals surface area (Å²) in [6.07, 6.45) is 3.95. The summed E-state index contributed by atoms with van der Waals surface area (Å²) >= 11 is 5.75. The van der Waals surface area contributed by atoms with Crippen LogP contribution in [0.1, 0.15) is 19.8 Å². The van der Waals surface area contributed by atoms with Crippen molar-refractivity contribution in [3.63, 3.8) is 0 Å². The highest BCUT2D eigenvalue weighted by atomic mass is 35.5. The standard InChI is InChI=1S/C13H19ClN2O/c1-11(4-6-16-7-8-16)5-9-17-13-3-2-12(14)10-15-13/h2-3,10-11H,4-9H2,1H3/t11-/m1/s1. The van der Waals surface area contributed by atoms with Gasteiger partial charge in [-0.15, -0.1) is 0 Å². The van der Waals surface area contributed by atoms with Crippen LogP contribution in [0.3, 0.4) is 0 Å². The molecule has 0 saturated carbocycles. The number of halogens is 1. The van der Waals surface area contributed by atoms with Crippen molar-refractivity contribution in [3.05, 3.63) is 23.4 Å². The van der Waals surface area contributed by atoms with Crippen LogP contribution in [-0.2, 0) is 0 Å². The molecular weight excluding hydrogens is 236 g/mol. The molecular formula is C13H19ClN2O. The van der Waals surface area contributed by atoms with Gasteiger partial charge in [0.25, 0.3) is 0 Å². The van der Waals surface area contributed by atoms with Crippen molar-refractivity contribution in [1.82, 2.24) is 9.88 Å². The van der Waals surface area contributed by atoms with Crippen LogP contribution < -0.4 is 4.74 Å². The predicted octanol–water partition coefficient (Wildman–Crippen LogP) is 2.85. The molecule has 1 aliphatic heterocycles. The van der Waals surface area contributed by atoms with Crippen LogP contribution >= 0.6 is 11.6 Å². The van der Waals surface area contributed by atoms with Crippen molar-refractivity contribution in [2.24, 2.45) is 5.92 Å². The summed E-state index contributed by atoms with van der Waals surface area (Å²) in [5.41, 5.74) is 0. The molecule has 0 spiro atoms. The Morgan fingerprint density at radius 1 is 1.41 bits per heavy atom. The van der Waals surface area contributed by atoms with Gasteiger partial charge in [-0.25, -0.2) is 4.98 Å². The van der Waals surface area contributed by atoms with Crippen molar-refractivity contribution in [2.45, 2.75) is 19.8 Å². The number of hydrogen-bond donors (Lipinski definition) is 0. The van der Waals surface area contributed by atoms with Gasteiger partial charge in [-0.3, -0.25) is 0 Å². The lowest BCUT2D eigenvalue weighted by Gasteiger charge is -2.12. The van der Waals surface area contributed by atoms with Gasteiger partial charge >= 0.3 is 0 Å². The fourth-order valence-electron chi connectivity index (χ4n) is 1.65. The van der Waals surface area contributed by atoms with Crippen LogP contribution in [0.5, 0.6) is 5.88 Å². The van der Waals surface area contributed by atoms with Crippen LogP contribution in [0.4, 0.5) is 0 Å². The normalized spacial score (nSPS) is 16.8. The van der Waals surface area contributed by atoms with Crippen molar-refractivity contribution >= 4 is 11.6 Å². The Morgan fingerprint density at radius 3 is 2.88 bits per heavy atom. The third-order valence-electron chi connectivity index (χ3n) is 3.04. The Hall–Kier alpha value is -0.800. The van der Waals surface area contributed by atoms with Gasteiger partial charge in [-0.1, -0.05) is 18.5 Å². The highest BCUT2D eigenvalue weighted by molar-refractivity contribution is 6.30. The molecule has 2 rings (SSSR count). The third-order valence-corrected chi connectivity index (χ3v) is 3.26. The molecule has 0 amide bonds. The van der Waals surface area contributed by atoms with Gasteiger partial charge in [0.15, 0.2) is 0 Å². The fraction of sp³-hybridized carbons (Fsp3) is 0.615. The summed E-state index contributed by atoms with van der Waals surface area (Å²) in [5, 5.41) is 0.643. The highest BCUT2D eigenvalue weighted by Gasteiger charge is 2.17. The van der Waals surface area contributed by atoms with Crippen molar-refractivity contribution < 1.29 is 4.74 Å². The van der Waals surface area contributed by atoms with Gasteiger partial charge in [0, 0.05) is 25.4 Å². The van der Waals surface area contributed by atoms with Gasteiger partial charge in [-0.05, 0) is 31.4 Å². The Kier molecular flexibility index (Phi) is 4.63. The zero-order valence-corrected chi connectivity index (χ0v) is 11.0. The average molecular weight is 255 g/mol. The monoisotopic (exact) mass is 254 g/mol. The van der Waals surface area contributed by atoms with Crippen molar-refractivity contribution in [2.75, 3.05) is 26.2 Å². The average Bonchev–Trinajstić information content (AvgIpc) is 3.13. The first kappa shape index (κ1) is 12.7. The summed E-state index contributed by atoms with van der Waals surface area (Å²) < 4.78 is 5.57. The number of aromatic nitrogens is 1. The largest absolute Gasteiger partial charge is 0.478 e. The fourth-order valence-corrected chi connectivity index (χ4v) is 1.77. The molecule has 1 aromatic rings. The lowest BCUT2D eigenvalue weighted by Crippen LogP contribution is -2.09. The van der Waals surface area contributed by atoms with E-state index in [1.54, 1.807) is 12.3 Å². The summed E-state index contributed by atoms with van der Waals surface area (Å²) in [7, 11) is 0. The third kappa shape index (κ3) is 4.92. The molecule has 0 aliphatic carbocycles. The van der Waals surface area contributed by atoms with Gasteiger partial charge < -0.3 is 9.64 Å². The molecule has 0 N–H and O–H groups in total. The lowest BCUT2D eigenvalue weighted by atomic mass is 10.1. The second kappa shape index (κ2) is 6.22. The minimum atomic E-state index is 0.643. The zero-order valence-electron chi connectivity index (χ0n) is 10.2. The van der Waals surface area contributed by atoms with E-state index in [4.69, 9.17) is 16.3 Å². The van der Waals surface area contributed by atoms with Crippen molar-refractivity contribution in [1.29, 1.82) is 0 Å². The first-order valence-electron chi connectivity index (χ1n) is 6.21. The summed E-state index contributed by atoms with van der Waals surface area (Å²) in [4.78, 5) is 6.55. The van der Waals surface area contributed by atoms with E-state index in [0.29, 0.717) is 16.8 Å². The minimum Gasteiger partial charge on any atom is -0.478 e. The molecule has 0 unspecified atom stereocenters. The van der Waals surface area contributed by atoms with E-state index >= 15 is 0 Å². The molecule has 0 aromatic carbocycles. The number of ether oxygens (including phenoxy) is 1. The molecule has 17 heavy (non-hydrogen) atoms. The minimum absolute atomic E-state index is 0.643. The van der Waals surface area contributed by atoms with Gasteiger partial charge in [0.2, 0.25) is 5.88 Å². The molecule has 1 atom stereocenters. The van der Waals surface area contributed by atoms with E-state index in [2.05, 4.69) is 16.8 Å². The van der Waals surface area contributed by atoms with Crippen molar-refractivity contribution in [3.8, 4) is 5.88 Å². The van der Waals surface area contributed by atoms with E-state index in [-0.39, 0.29) is 0 Å². The number of rotatable bonds is 7. The molecule has 1 aromatic heterocycles. The van der Waals surface area contributed by atoms with Crippen LogP contribution in [0.15, 0.2) is 18.3 Å². The van der Waals surface area contributed by atoms with Crippen LogP contribution in [0.2, 0.25) is 5.02 Å². The van der Waals surface area contributed by atoms with Crippen LogP contribution in [0, 0.1) is 5.92 Å². The summed E-state index contributed by atoms with van der Waals surface area (Å²) in [6, 6.07) is 3.61. The molecule has 2 heterocycles. The molecule has 0 bridgehead atoms. The maximum Gasteiger partial charge on any atom is 0.213 e. The Labute approximate surface area is 108 Å². The summed E-state index contributed by atoms with van der Waals surface area (Å²) in [5.74, 6) is 1.37. The Balaban J connectivity index is 1.59. The van der Waals surface area contributed by atoms with Gasteiger partial charge in [0.1, 0.15) is 0 Å². The first-order chi connectivity index (χ1) is 8.24. The van der Waals surface area contributed by atoms with Crippen LogP contribution in [-0.4, -0.2) is 36.1 Å². The summed E-state index contributed by atoms with van der Waals surface area (Å²) in [6.45, 7) is 6.83. The zero-order chi connectivity index (χ0) is 12.1. The molecule has 94 valence electrons. The molecule has 4 heteroatoms. The molecule has 0 radical (unpaired) electrons. The van der Waals surface area contributed by atoms with Gasteiger partial charge in [-0.2, -0.15) is 0 Å². The van der Waals surface area contributed by atoms with Crippen LogP contribution in [0.25, 0.3) is 0 Å². The van der Waals surface area contributed by atoms with E-state index < -0.39 is 0 Å². The molecule has 3 nitrogen and oxygen atoms in total. The second-order valence-corrected chi connectivity index (χ2v) is 5.12. The first-order valence-corrected chi connectivity index (χ1v) is 6.58. The quantitative estimate of drug-likeness (QED) is 0.700. The highest BCUT2D eigenvalue weighted by Crippen LogP contribution is 2.15. The second-order valence-electron chi connectivity index (χ2n) is 4.69. The van der Waals surface area contributed by atoms with E-state index in [1.165, 1.54) is 26.1 Å². The molecule has 1 saturated heterocycles. The molecule has 1 aliphatic rings. The topological polar surface area (TPSA) is 25.1 Å². The maximum atomic E-state index is 5.75. The maximum absolute atomic E-state index is 5.75. The van der Waals surface area contributed by atoms with E-state index in [1.807, 2.05) is 6.07 Å². The van der Waals surface area contributed by atoms with Gasteiger partial charge in [0.05, 0.1) is 11.6 Å².